The second kappa shape index (κ2) is 5.81. The van der Waals surface area contributed by atoms with Crippen molar-refractivity contribution in [3.05, 3.63) is 0 Å². The van der Waals surface area contributed by atoms with Crippen LogP contribution in [0.2, 0.25) is 0 Å². The summed E-state index contributed by atoms with van der Waals surface area (Å²) in [6, 6.07) is 0. The molecule has 0 aromatic rings. The Balaban J connectivity index is 2.19. The molecule has 3 fully saturated rings. The molecule has 3 aliphatic carbocycles. The van der Waals surface area contributed by atoms with Gasteiger partial charge in [0.1, 0.15) is 5.78 Å². The average Bonchev–Trinajstić information content (AvgIpc) is 2.96. The van der Waals surface area contributed by atoms with Gasteiger partial charge >= 0.3 is 0 Å². The summed E-state index contributed by atoms with van der Waals surface area (Å²) in [4.78, 5) is 13.4. The van der Waals surface area contributed by atoms with Crippen molar-refractivity contribution in [3.8, 4) is 0 Å². The first-order valence-electron chi connectivity index (χ1n) is 10.0. The first kappa shape index (κ1) is 18.4. The summed E-state index contributed by atoms with van der Waals surface area (Å²) >= 11 is 0. The summed E-state index contributed by atoms with van der Waals surface area (Å²) in [6.45, 7) is 11.0. The van der Waals surface area contributed by atoms with Crippen molar-refractivity contribution < 1.29 is 15.0 Å². The maximum atomic E-state index is 13.4. The number of aliphatic hydroxyl groups is 2. The molecule has 0 spiro atoms. The van der Waals surface area contributed by atoms with Crippen molar-refractivity contribution in [1.29, 1.82) is 0 Å². The largest absolute Gasteiger partial charge is 0.396 e. The Labute approximate surface area is 147 Å². The molecule has 0 amide bonds. The molecule has 3 nitrogen and oxygen atoms in total. The molecule has 2 unspecified atom stereocenters. The maximum absolute atomic E-state index is 13.4. The van der Waals surface area contributed by atoms with Crippen molar-refractivity contribution in [2.45, 2.75) is 79.2 Å². The molecule has 0 radical (unpaired) electrons. The van der Waals surface area contributed by atoms with E-state index in [9.17, 15) is 15.0 Å². The molecule has 2 N–H and O–H groups in total. The quantitative estimate of drug-likeness (QED) is 0.806. The molecule has 8 atom stereocenters. The van der Waals surface area contributed by atoms with E-state index in [1.165, 1.54) is 0 Å². The lowest BCUT2D eigenvalue weighted by Gasteiger charge is -2.61. The van der Waals surface area contributed by atoms with Gasteiger partial charge in [-0.15, -0.1) is 0 Å². The third kappa shape index (κ3) is 2.13. The topological polar surface area (TPSA) is 57.5 Å². The highest BCUT2D eigenvalue weighted by Gasteiger charge is 2.66. The van der Waals surface area contributed by atoms with Gasteiger partial charge in [-0.25, -0.2) is 0 Å². The molecule has 3 rings (SSSR count). The van der Waals surface area contributed by atoms with Crippen LogP contribution in [0.3, 0.4) is 0 Å². The number of rotatable bonds is 2. The van der Waals surface area contributed by atoms with Crippen LogP contribution in [0.15, 0.2) is 0 Å². The highest BCUT2D eigenvalue weighted by molar-refractivity contribution is 5.87. The lowest BCUT2D eigenvalue weighted by Crippen LogP contribution is -2.61. The van der Waals surface area contributed by atoms with Crippen LogP contribution in [0.4, 0.5) is 0 Å². The van der Waals surface area contributed by atoms with E-state index in [1.54, 1.807) is 0 Å². The van der Waals surface area contributed by atoms with Crippen LogP contribution in [-0.2, 0) is 4.79 Å². The average molecular weight is 337 g/mol. The number of aliphatic hydroxyl groups excluding tert-OH is 2. The first-order chi connectivity index (χ1) is 11.2. The van der Waals surface area contributed by atoms with Crippen LogP contribution in [0, 0.1) is 39.9 Å². The summed E-state index contributed by atoms with van der Waals surface area (Å²) in [6.07, 6.45) is 5.08. The Bertz CT molecular complexity index is 517. The highest BCUT2D eigenvalue weighted by Crippen LogP contribution is 2.69. The van der Waals surface area contributed by atoms with Gasteiger partial charge in [0.2, 0.25) is 0 Å². The zero-order valence-corrected chi connectivity index (χ0v) is 16.1. The molecule has 0 aliphatic heterocycles. The van der Waals surface area contributed by atoms with Gasteiger partial charge in [0.15, 0.2) is 0 Å². The van der Waals surface area contributed by atoms with Crippen LogP contribution in [0.25, 0.3) is 0 Å². The lowest BCUT2D eigenvalue weighted by atomic mass is 9.43. The van der Waals surface area contributed by atoms with Crippen LogP contribution in [0.5, 0.6) is 0 Å². The Morgan fingerprint density at radius 1 is 1.17 bits per heavy atom. The molecule has 3 aliphatic rings. The van der Waals surface area contributed by atoms with Crippen LogP contribution >= 0.6 is 0 Å². The maximum Gasteiger partial charge on any atom is 0.142 e. The smallest absolute Gasteiger partial charge is 0.142 e. The highest BCUT2D eigenvalue weighted by atomic mass is 16.3. The Kier molecular flexibility index (Phi) is 4.45. The Morgan fingerprint density at radius 2 is 1.79 bits per heavy atom. The summed E-state index contributed by atoms with van der Waals surface area (Å²) in [7, 11) is 0. The van der Waals surface area contributed by atoms with Crippen molar-refractivity contribution in [2.24, 2.45) is 39.9 Å². The van der Waals surface area contributed by atoms with Gasteiger partial charge in [-0.1, -0.05) is 34.6 Å². The zero-order chi connectivity index (χ0) is 17.9. The first-order valence-corrected chi connectivity index (χ1v) is 10.0. The van der Waals surface area contributed by atoms with Crippen LogP contribution < -0.4 is 0 Å². The molecule has 0 heterocycles. The number of hydrogen-bond donors (Lipinski definition) is 2. The predicted molar refractivity (Wildman–Crippen MR) is 95.4 cm³/mol. The number of Topliss-reactive ketones (excluding diaryl/α,β-unsaturated/α-hetero) is 1. The second-order valence-electron chi connectivity index (χ2n) is 9.72. The Morgan fingerprint density at radius 3 is 2.38 bits per heavy atom. The number of ketones is 1. The molecule has 0 aromatic heterocycles. The summed E-state index contributed by atoms with van der Waals surface area (Å²) in [5.41, 5.74) is -0.649. The molecule has 0 saturated heterocycles. The monoisotopic (exact) mass is 336 g/mol. The molecule has 24 heavy (non-hydrogen) atoms. The number of hydrogen-bond acceptors (Lipinski definition) is 3. The molecular formula is C21H36O3. The Hall–Kier alpha value is -0.410. The standard InChI is InChI=1S/C21H36O3/c1-6-19(4)11-16(23)20(5)13(2)7-9-21(14(3)18(19)24)10-8-15(12-22)17(20)21/h13-17,22-23H,6-12H2,1-5H3/t13-,14+,15?,16-,17?,19-,20+,21+/m1/s1. The third-order valence-electron chi connectivity index (χ3n) is 9.07. The van der Waals surface area contributed by atoms with Crippen LogP contribution in [-0.4, -0.2) is 28.7 Å². The van der Waals surface area contributed by atoms with E-state index in [0.29, 0.717) is 18.1 Å². The van der Waals surface area contributed by atoms with Gasteiger partial charge in [0.05, 0.1) is 6.10 Å². The minimum Gasteiger partial charge on any atom is -0.396 e. The van der Waals surface area contributed by atoms with E-state index < -0.39 is 11.5 Å². The number of carbonyl (C=O) groups excluding carboxylic acids is 1. The van der Waals surface area contributed by atoms with Gasteiger partial charge in [-0.2, -0.15) is 0 Å². The van der Waals surface area contributed by atoms with Gasteiger partial charge in [-0.3, -0.25) is 4.79 Å². The second-order valence-corrected chi connectivity index (χ2v) is 9.72. The molecule has 138 valence electrons. The minimum absolute atomic E-state index is 0.0242. The fourth-order valence-electron chi connectivity index (χ4n) is 7.04. The fourth-order valence-corrected chi connectivity index (χ4v) is 7.04. The molecule has 3 heteroatoms. The summed E-state index contributed by atoms with van der Waals surface area (Å²) in [5, 5.41) is 21.4. The van der Waals surface area contributed by atoms with E-state index in [1.807, 2.05) is 0 Å². The van der Waals surface area contributed by atoms with Crippen LogP contribution in [0.1, 0.15) is 73.1 Å². The third-order valence-corrected chi connectivity index (χ3v) is 9.07. The van der Waals surface area contributed by atoms with Gasteiger partial charge in [0, 0.05) is 17.9 Å². The molecule has 0 aromatic carbocycles. The van der Waals surface area contributed by atoms with E-state index in [0.717, 1.165) is 32.1 Å². The van der Waals surface area contributed by atoms with Crippen molar-refractivity contribution in [2.75, 3.05) is 6.61 Å². The molecule has 3 saturated carbocycles. The fraction of sp³-hybridized carbons (Fsp3) is 0.952. The summed E-state index contributed by atoms with van der Waals surface area (Å²) in [5.74, 6) is 1.30. The predicted octanol–water partition coefficient (Wildman–Crippen LogP) is 3.81. The number of carbonyl (C=O) groups is 1. The van der Waals surface area contributed by atoms with Gasteiger partial charge < -0.3 is 10.2 Å². The van der Waals surface area contributed by atoms with E-state index >= 15 is 0 Å². The SMILES string of the molecule is CC[C@]1(C)C[C@@H](O)[C@@]2(C)C3C(CO)CC[C@@]3(CC[C@H]2C)[C@@H](C)C1=O. The van der Waals surface area contributed by atoms with Gasteiger partial charge in [0.25, 0.3) is 0 Å². The molecular weight excluding hydrogens is 300 g/mol. The van der Waals surface area contributed by atoms with Crippen molar-refractivity contribution in [3.63, 3.8) is 0 Å². The van der Waals surface area contributed by atoms with E-state index in [4.69, 9.17) is 0 Å². The van der Waals surface area contributed by atoms with E-state index in [-0.39, 0.29) is 35.2 Å². The zero-order valence-electron chi connectivity index (χ0n) is 16.1. The van der Waals surface area contributed by atoms with Gasteiger partial charge in [-0.05, 0) is 67.1 Å². The minimum atomic E-state index is -0.467. The molecule has 2 bridgehead atoms. The van der Waals surface area contributed by atoms with Crippen molar-refractivity contribution >= 4 is 5.78 Å². The van der Waals surface area contributed by atoms with Crippen molar-refractivity contribution in [1.82, 2.24) is 0 Å². The lowest BCUT2D eigenvalue weighted by molar-refractivity contribution is -0.184. The van der Waals surface area contributed by atoms with E-state index in [2.05, 4.69) is 34.6 Å². The summed E-state index contributed by atoms with van der Waals surface area (Å²) < 4.78 is 0. The normalized spacial score (nSPS) is 55.0.